The lowest BCUT2D eigenvalue weighted by molar-refractivity contribution is -0.0981. The summed E-state index contributed by atoms with van der Waals surface area (Å²) in [5.41, 5.74) is -0.228. The van der Waals surface area contributed by atoms with Gasteiger partial charge in [-0.3, -0.25) is 0 Å². The van der Waals surface area contributed by atoms with Gasteiger partial charge in [0.25, 0.3) is 0 Å². The van der Waals surface area contributed by atoms with E-state index >= 15 is 0 Å². The van der Waals surface area contributed by atoms with Gasteiger partial charge in [0.2, 0.25) is 0 Å². The molecule has 2 aliphatic heterocycles. The number of hydrogen-bond donors (Lipinski definition) is 1. The number of nitrogens with zero attached hydrogens (tertiary/aromatic N) is 1. The van der Waals surface area contributed by atoms with Crippen LogP contribution in [0.15, 0.2) is 12.2 Å². The quantitative estimate of drug-likeness (QED) is 0.635. The van der Waals surface area contributed by atoms with E-state index in [0.29, 0.717) is 32.2 Å². The summed E-state index contributed by atoms with van der Waals surface area (Å²) in [6.45, 7) is 13.6. The number of rotatable bonds is 4. The summed E-state index contributed by atoms with van der Waals surface area (Å²) in [7, 11) is -1.68. The van der Waals surface area contributed by atoms with Crippen LogP contribution in [0.2, 0.25) is 18.1 Å². The van der Waals surface area contributed by atoms with Crippen LogP contribution < -0.4 is 0 Å². The first-order chi connectivity index (χ1) is 10.0. The first-order valence-electron chi connectivity index (χ1n) is 7.97. The smallest absolute Gasteiger partial charge is 0.407 e. The molecule has 0 radical (unpaired) electrons. The second-order valence-electron chi connectivity index (χ2n) is 8.10. The molecular formula is C16H29NO4Si. The molecule has 2 fully saturated rings. The van der Waals surface area contributed by atoms with E-state index in [1.165, 1.54) is 4.90 Å². The molecule has 1 N–H and O–H groups in total. The van der Waals surface area contributed by atoms with Gasteiger partial charge >= 0.3 is 6.09 Å². The van der Waals surface area contributed by atoms with Gasteiger partial charge in [0, 0.05) is 5.92 Å². The highest BCUT2D eigenvalue weighted by atomic mass is 28.4. The highest BCUT2D eigenvalue weighted by Gasteiger charge is 2.50. The number of likely N-dealkylation sites (tertiary alicyclic amines) is 1. The topological polar surface area (TPSA) is 59.0 Å². The molecule has 1 unspecified atom stereocenters. The van der Waals surface area contributed by atoms with Crippen molar-refractivity contribution in [2.45, 2.75) is 50.9 Å². The maximum atomic E-state index is 10.8. The second kappa shape index (κ2) is 5.98. The van der Waals surface area contributed by atoms with E-state index in [-0.39, 0.29) is 10.6 Å². The first kappa shape index (κ1) is 17.5. The molecule has 126 valence electrons. The molecule has 2 rings (SSSR count). The van der Waals surface area contributed by atoms with Gasteiger partial charge in [0.15, 0.2) is 8.32 Å². The Balaban J connectivity index is 1.74. The Labute approximate surface area is 134 Å². The Kier molecular flexibility index (Phi) is 4.76. The molecule has 2 heterocycles. The van der Waals surface area contributed by atoms with Crippen LogP contribution >= 0.6 is 0 Å². The summed E-state index contributed by atoms with van der Waals surface area (Å²) in [4.78, 5) is 12.2. The predicted molar refractivity (Wildman–Crippen MR) is 88.7 cm³/mol. The van der Waals surface area contributed by atoms with Crippen molar-refractivity contribution in [3.8, 4) is 0 Å². The zero-order valence-electron chi connectivity index (χ0n) is 14.4. The van der Waals surface area contributed by atoms with Gasteiger partial charge in [-0.15, -0.1) is 0 Å². The van der Waals surface area contributed by atoms with Crippen molar-refractivity contribution in [1.82, 2.24) is 4.90 Å². The molecule has 0 saturated carbocycles. The number of hydrogen-bond acceptors (Lipinski definition) is 3. The standard InChI is InChI=1S/C16H29NO4Si/c1-15(2,3)22(4,5)21-8-6-7-13-9-16(20-10-13)11-17(12-16)14(18)19/h6-7,13H,8-12H2,1-5H3,(H,18,19)/b7-6+. The van der Waals surface area contributed by atoms with Gasteiger partial charge in [-0.25, -0.2) is 4.79 Å². The van der Waals surface area contributed by atoms with E-state index in [2.05, 4.69) is 46.0 Å². The minimum Gasteiger partial charge on any atom is -0.465 e. The number of carboxylic acid groups (broad SMARTS) is 1. The van der Waals surface area contributed by atoms with Crippen LogP contribution in [0.1, 0.15) is 27.2 Å². The van der Waals surface area contributed by atoms with E-state index in [1.807, 2.05) is 0 Å². The third kappa shape index (κ3) is 3.72. The molecule has 0 aromatic rings. The lowest BCUT2D eigenvalue weighted by Gasteiger charge is -2.45. The second-order valence-corrected chi connectivity index (χ2v) is 12.9. The summed E-state index contributed by atoms with van der Waals surface area (Å²) in [5.74, 6) is 0.374. The van der Waals surface area contributed by atoms with Gasteiger partial charge in [-0.2, -0.15) is 0 Å². The fourth-order valence-corrected chi connectivity index (χ4v) is 3.67. The molecule has 0 aromatic heterocycles. The molecule has 1 spiro atoms. The highest BCUT2D eigenvalue weighted by Crippen LogP contribution is 2.39. The Bertz CT molecular complexity index is 450. The largest absolute Gasteiger partial charge is 0.465 e. The summed E-state index contributed by atoms with van der Waals surface area (Å²) >= 11 is 0. The zero-order valence-corrected chi connectivity index (χ0v) is 15.4. The van der Waals surface area contributed by atoms with Gasteiger partial charge in [0.05, 0.1) is 26.3 Å². The normalized spacial score (nSPS) is 25.0. The maximum Gasteiger partial charge on any atom is 0.407 e. The predicted octanol–water partition coefficient (Wildman–Crippen LogP) is 3.33. The Hall–Kier alpha value is -0.853. The third-order valence-corrected chi connectivity index (χ3v) is 9.72. The molecule has 0 aliphatic carbocycles. The zero-order chi connectivity index (χ0) is 16.6. The van der Waals surface area contributed by atoms with E-state index in [1.54, 1.807) is 0 Å². The number of ether oxygens (including phenoxy) is 1. The van der Waals surface area contributed by atoms with Crippen LogP contribution in [0.25, 0.3) is 0 Å². The van der Waals surface area contributed by atoms with E-state index in [0.717, 1.165) is 6.42 Å². The lowest BCUT2D eigenvalue weighted by Crippen LogP contribution is -2.62. The van der Waals surface area contributed by atoms with Crippen molar-refractivity contribution in [3.63, 3.8) is 0 Å². The minimum atomic E-state index is -1.68. The molecule has 1 amide bonds. The number of carbonyl (C=O) groups is 1. The first-order valence-corrected chi connectivity index (χ1v) is 10.9. The molecule has 6 heteroatoms. The van der Waals surface area contributed by atoms with Crippen LogP contribution in [0.4, 0.5) is 4.79 Å². The highest BCUT2D eigenvalue weighted by molar-refractivity contribution is 6.74. The summed E-state index contributed by atoms with van der Waals surface area (Å²) < 4.78 is 12.0. The molecular weight excluding hydrogens is 298 g/mol. The SMILES string of the molecule is CC(C)(C)[Si](C)(C)OC/C=C/C1COC2(C1)CN(C(=O)O)C2. The van der Waals surface area contributed by atoms with Crippen LogP contribution in [0.5, 0.6) is 0 Å². The fraction of sp³-hybridized carbons (Fsp3) is 0.812. The average Bonchev–Trinajstić information content (AvgIpc) is 2.75. The Morgan fingerprint density at radius 2 is 2.09 bits per heavy atom. The van der Waals surface area contributed by atoms with Crippen molar-refractivity contribution in [2.24, 2.45) is 5.92 Å². The maximum absolute atomic E-state index is 10.8. The molecule has 2 saturated heterocycles. The van der Waals surface area contributed by atoms with Gasteiger partial charge in [-0.1, -0.05) is 32.9 Å². The van der Waals surface area contributed by atoms with Crippen LogP contribution in [-0.4, -0.2) is 56.3 Å². The van der Waals surface area contributed by atoms with Crippen molar-refractivity contribution in [2.75, 3.05) is 26.3 Å². The van der Waals surface area contributed by atoms with Crippen LogP contribution in [0, 0.1) is 5.92 Å². The fourth-order valence-electron chi connectivity index (χ4n) is 2.73. The monoisotopic (exact) mass is 327 g/mol. The Morgan fingerprint density at radius 3 is 2.64 bits per heavy atom. The molecule has 2 aliphatic rings. The summed E-state index contributed by atoms with van der Waals surface area (Å²) in [6.07, 6.45) is 4.33. The number of amides is 1. The van der Waals surface area contributed by atoms with Crippen LogP contribution in [-0.2, 0) is 9.16 Å². The van der Waals surface area contributed by atoms with Gasteiger partial charge in [-0.05, 0) is 24.6 Å². The van der Waals surface area contributed by atoms with E-state index in [9.17, 15) is 4.79 Å². The molecule has 1 atom stereocenters. The molecule has 0 aromatic carbocycles. The minimum absolute atomic E-state index is 0.228. The van der Waals surface area contributed by atoms with Crippen LogP contribution in [0.3, 0.4) is 0 Å². The van der Waals surface area contributed by atoms with Gasteiger partial charge in [0.1, 0.15) is 5.60 Å². The van der Waals surface area contributed by atoms with E-state index < -0.39 is 14.4 Å². The molecule has 5 nitrogen and oxygen atoms in total. The molecule has 0 bridgehead atoms. The van der Waals surface area contributed by atoms with E-state index in [4.69, 9.17) is 14.3 Å². The van der Waals surface area contributed by atoms with Crippen molar-refractivity contribution < 1.29 is 19.1 Å². The lowest BCUT2D eigenvalue weighted by atomic mass is 9.87. The Morgan fingerprint density at radius 1 is 1.45 bits per heavy atom. The van der Waals surface area contributed by atoms with Gasteiger partial charge < -0.3 is 19.2 Å². The third-order valence-electron chi connectivity index (χ3n) is 5.22. The van der Waals surface area contributed by atoms with Crippen molar-refractivity contribution >= 4 is 14.4 Å². The summed E-state index contributed by atoms with van der Waals surface area (Å²) in [5, 5.41) is 9.13. The van der Waals surface area contributed by atoms with Crippen molar-refractivity contribution in [1.29, 1.82) is 0 Å². The molecule has 22 heavy (non-hydrogen) atoms. The van der Waals surface area contributed by atoms with Crippen molar-refractivity contribution in [3.05, 3.63) is 12.2 Å². The average molecular weight is 327 g/mol. The summed E-state index contributed by atoms with van der Waals surface area (Å²) in [6, 6.07) is 0.